The average molecular weight is 218 g/mol. The van der Waals surface area contributed by atoms with Gasteiger partial charge in [-0.2, -0.15) is 0 Å². The van der Waals surface area contributed by atoms with Gasteiger partial charge in [0.1, 0.15) is 11.6 Å². The molecule has 16 heavy (non-hydrogen) atoms. The highest BCUT2D eigenvalue weighted by Gasteiger charge is 2.03. The molecule has 0 atom stereocenters. The monoisotopic (exact) mass is 218 g/mol. The highest BCUT2D eigenvalue weighted by Crippen LogP contribution is 2.27. The van der Waals surface area contributed by atoms with Crippen molar-refractivity contribution < 1.29 is 9.13 Å². The van der Waals surface area contributed by atoms with Crippen molar-refractivity contribution >= 4 is 5.69 Å². The molecule has 0 aliphatic carbocycles. The molecule has 0 radical (unpaired) electrons. The topological polar surface area (TPSA) is 48.1 Å². The molecule has 0 aliphatic rings. The second-order valence-electron chi connectivity index (χ2n) is 3.42. The van der Waals surface area contributed by atoms with Gasteiger partial charge in [-0.3, -0.25) is 4.98 Å². The van der Waals surface area contributed by atoms with E-state index in [1.165, 1.54) is 18.2 Å². The fraction of sp³-hybridized carbons (Fsp3) is 0.0833. The molecular weight excluding hydrogens is 207 g/mol. The molecule has 2 N–H and O–H groups in total. The maximum Gasteiger partial charge on any atom is 0.150 e. The number of ether oxygens (including phenoxy) is 1. The third-order valence-electron chi connectivity index (χ3n) is 2.08. The van der Waals surface area contributed by atoms with Crippen LogP contribution in [0.2, 0.25) is 0 Å². The van der Waals surface area contributed by atoms with Crippen LogP contribution in [0, 0.1) is 12.7 Å². The highest BCUT2D eigenvalue weighted by molar-refractivity contribution is 5.53. The zero-order chi connectivity index (χ0) is 11.5. The van der Waals surface area contributed by atoms with Gasteiger partial charge in [-0.05, 0) is 31.2 Å². The molecule has 0 bridgehead atoms. The summed E-state index contributed by atoms with van der Waals surface area (Å²) in [5.74, 6) is 0.614. The number of benzene rings is 1. The van der Waals surface area contributed by atoms with Crippen molar-refractivity contribution in [2.75, 3.05) is 5.73 Å². The molecule has 0 saturated heterocycles. The zero-order valence-corrected chi connectivity index (χ0v) is 8.77. The molecule has 2 aromatic rings. The highest BCUT2D eigenvalue weighted by atomic mass is 19.1. The van der Waals surface area contributed by atoms with E-state index in [4.69, 9.17) is 10.5 Å². The van der Waals surface area contributed by atoms with Crippen LogP contribution < -0.4 is 10.5 Å². The predicted octanol–water partition coefficient (Wildman–Crippen LogP) is 2.90. The van der Waals surface area contributed by atoms with Crippen molar-refractivity contribution in [2.24, 2.45) is 0 Å². The Hall–Kier alpha value is -2.10. The molecule has 1 heterocycles. The van der Waals surface area contributed by atoms with Crippen LogP contribution in [0.1, 0.15) is 5.69 Å². The Labute approximate surface area is 92.7 Å². The minimum atomic E-state index is -0.383. The lowest BCUT2D eigenvalue weighted by Crippen LogP contribution is -1.93. The molecule has 0 saturated carbocycles. The molecule has 0 aliphatic heterocycles. The number of nitrogens with two attached hydrogens (primary N) is 1. The SMILES string of the molecule is Cc1ccc(Oc2ccc(F)cc2N)cn1. The molecular formula is C12H11FN2O. The van der Waals surface area contributed by atoms with Gasteiger partial charge in [-0.15, -0.1) is 0 Å². The van der Waals surface area contributed by atoms with Crippen LogP contribution in [0.25, 0.3) is 0 Å². The predicted molar refractivity (Wildman–Crippen MR) is 59.9 cm³/mol. The van der Waals surface area contributed by atoms with E-state index in [-0.39, 0.29) is 11.5 Å². The summed E-state index contributed by atoms with van der Waals surface area (Å²) >= 11 is 0. The van der Waals surface area contributed by atoms with Crippen LogP contribution in [0.4, 0.5) is 10.1 Å². The third-order valence-corrected chi connectivity index (χ3v) is 2.08. The van der Waals surface area contributed by atoms with Crippen LogP contribution in [-0.2, 0) is 0 Å². The maximum absolute atomic E-state index is 12.8. The maximum atomic E-state index is 12.8. The zero-order valence-electron chi connectivity index (χ0n) is 8.77. The van der Waals surface area contributed by atoms with Gasteiger partial charge in [0.05, 0.1) is 11.9 Å². The van der Waals surface area contributed by atoms with Crippen LogP contribution >= 0.6 is 0 Å². The molecule has 1 aromatic heterocycles. The van der Waals surface area contributed by atoms with E-state index in [1.807, 2.05) is 13.0 Å². The number of hydrogen-bond donors (Lipinski definition) is 1. The van der Waals surface area contributed by atoms with Crippen LogP contribution in [0.15, 0.2) is 36.5 Å². The first-order chi connectivity index (χ1) is 7.65. The minimum absolute atomic E-state index is 0.264. The summed E-state index contributed by atoms with van der Waals surface area (Å²) in [4.78, 5) is 4.08. The van der Waals surface area contributed by atoms with E-state index in [0.29, 0.717) is 11.5 Å². The van der Waals surface area contributed by atoms with Crippen molar-refractivity contribution in [3.63, 3.8) is 0 Å². The quantitative estimate of drug-likeness (QED) is 0.788. The van der Waals surface area contributed by atoms with Crippen molar-refractivity contribution in [2.45, 2.75) is 6.92 Å². The number of hydrogen-bond acceptors (Lipinski definition) is 3. The van der Waals surface area contributed by atoms with E-state index < -0.39 is 0 Å². The first-order valence-electron chi connectivity index (χ1n) is 4.81. The molecule has 2 rings (SSSR count). The van der Waals surface area contributed by atoms with Gasteiger partial charge in [0, 0.05) is 11.8 Å². The first-order valence-corrected chi connectivity index (χ1v) is 4.81. The number of nitrogens with zero attached hydrogens (tertiary/aromatic N) is 1. The fourth-order valence-electron chi connectivity index (χ4n) is 1.25. The van der Waals surface area contributed by atoms with Crippen molar-refractivity contribution in [1.82, 2.24) is 4.98 Å². The van der Waals surface area contributed by atoms with Crippen molar-refractivity contribution in [3.05, 3.63) is 48.0 Å². The van der Waals surface area contributed by atoms with Crippen molar-refractivity contribution in [3.8, 4) is 11.5 Å². The van der Waals surface area contributed by atoms with Crippen LogP contribution in [0.3, 0.4) is 0 Å². The van der Waals surface area contributed by atoms with Gasteiger partial charge in [0.15, 0.2) is 5.75 Å². The molecule has 1 aromatic carbocycles. The van der Waals surface area contributed by atoms with E-state index >= 15 is 0 Å². The Morgan fingerprint density at radius 2 is 2.06 bits per heavy atom. The van der Waals surface area contributed by atoms with E-state index in [9.17, 15) is 4.39 Å². The Morgan fingerprint density at radius 1 is 1.25 bits per heavy atom. The largest absolute Gasteiger partial charge is 0.454 e. The van der Waals surface area contributed by atoms with Gasteiger partial charge in [0.2, 0.25) is 0 Å². The van der Waals surface area contributed by atoms with Gasteiger partial charge >= 0.3 is 0 Å². The Kier molecular flexibility index (Phi) is 2.72. The number of rotatable bonds is 2. The molecule has 3 nitrogen and oxygen atoms in total. The minimum Gasteiger partial charge on any atom is -0.454 e. The van der Waals surface area contributed by atoms with Crippen molar-refractivity contribution in [1.29, 1.82) is 0 Å². The molecule has 0 unspecified atom stereocenters. The lowest BCUT2D eigenvalue weighted by molar-refractivity contribution is 0.480. The number of aryl methyl sites for hydroxylation is 1. The molecule has 0 amide bonds. The van der Waals surface area contributed by atoms with Gasteiger partial charge in [-0.1, -0.05) is 0 Å². The molecule has 4 heteroatoms. The number of pyridine rings is 1. The van der Waals surface area contributed by atoms with Gasteiger partial charge < -0.3 is 10.5 Å². The standard InChI is InChI=1S/C12H11FN2O/c1-8-2-4-10(7-15-8)16-12-5-3-9(13)6-11(12)14/h2-7H,14H2,1H3. The fourth-order valence-corrected chi connectivity index (χ4v) is 1.25. The Morgan fingerprint density at radius 3 is 2.69 bits per heavy atom. The average Bonchev–Trinajstić information content (AvgIpc) is 2.25. The number of anilines is 1. The Balaban J connectivity index is 2.23. The lowest BCUT2D eigenvalue weighted by Gasteiger charge is -2.07. The van der Waals surface area contributed by atoms with Gasteiger partial charge in [-0.25, -0.2) is 4.39 Å². The van der Waals surface area contributed by atoms with E-state index in [1.54, 1.807) is 12.3 Å². The van der Waals surface area contributed by atoms with Crippen LogP contribution in [-0.4, -0.2) is 4.98 Å². The third kappa shape index (κ3) is 2.28. The lowest BCUT2D eigenvalue weighted by atomic mass is 10.3. The smallest absolute Gasteiger partial charge is 0.150 e. The molecule has 0 fully saturated rings. The van der Waals surface area contributed by atoms with Crippen LogP contribution in [0.5, 0.6) is 11.5 Å². The Bertz CT molecular complexity index is 497. The van der Waals surface area contributed by atoms with E-state index in [0.717, 1.165) is 5.69 Å². The summed E-state index contributed by atoms with van der Waals surface area (Å²) in [6, 6.07) is 7.62. The molecule has 0 spiro atoms. The normalized spacial score (nSPS) is 10.1. The number of aromatic nitrogens is 1. The summed E-state index contributed by atoms with van der Waals surface area (Å²) in [6.45, 7) is 1.88. The molecule has 82 valence electrons. The summed E-state index contributed by atoms with van der Waals surface area (Å²) in [5, 5.41) is 0. The van der Waals surface area contributed by atoms with Gasteiger partial charge in [0.25, 0.3) is 0 Å². The summed E-state index contributed by atoms with van der Waals surface area (Å²) < 4.78 is 18.3. The second kappa shape index (κ2) is 4.18. The van der Waals surface area contributed by atoms with E-state index in [2.05, 4.69) is 4.98 Å². The summed E-state index contributed by atoms with van der Waals surface area (Å²) in [5.41, 5.74) is 6.78. The second-order valence-corrected chi connectivity index (χ2v) is 3.42. The number of halogens is 1. The summed E-state index contributed by atoms with van der Waals surface area (Å²) in [7, 11) is 0. The summed E-state index contributed by atoms with van der Waals surface area (Å²) in [6.07, 6.45) is 1.60. The number of nitrogen functional groups attached to an aromatic ring is 1. The first kappa shape index (κ1) is 10.4.